The number of nitrogens with one attached hydrogen (secondary N) is 1. The van der Waals surface area contributed by atoms with Crippen LogP contribution in [-0.4, -0.2) is 31.7 Å². The minimum absolute atomic E-state index is 0.0258. The van der Waals surface area contributed by atoms with Crippen LogP contribution in [0.2, 0.25) is 0 Å². The molecule has 0 radical (unpaired) electrons. The zero-order chi connectivity index (χ0) is 18.0. The predicted octanol–water partition coefficient (Wildman–Crippen LogP) is 3.50. The number of carbonyl (C=O) groups excluding carboxylic acids is 2. The monoisotopic (exact) mass is 358 g/mol. The molecule has 1 amide bonds. The lowest BCUT2D eigenvalue weighted by molar-refractivity contribution is -0.115. The Bertz CT molecular complexity index is 798. The number of carbonyl (C=O) groups is 2. The van der Waals surface area contributed by atoms with E-state index in [1.807, 2.05) is 6.92 Å². The van der Waals surface area contributed by atoms with Gasteiger partial charge in [-0.3, -0.25) is 9.59 Å². The second-order valence-electron chi connectivity index (χ2n) is 6.25. The molecule has 25 heavy (non-hydrogen) atoms. The minimum Gasteiger partial charge on any atom is -0.325 e. The lowest BCUT2D eigenvalue weighted by Gasteiger charge is -2.13. The van der Waals surface area contributed by atoms with Crippen molar-refractivity contribution in [2.75, 3.05) is 5.32 Å². The molecule has 0 spiro atoms. The summed E-state index contributed by atoms with van der Waals surface area (Å²) in [6, 6.07) is 6.97. The van der Waals surface area contributed by atoms with E-state index in [9.17, 15) is 9.59 Å². The average molecular weight is 358 g/mol. The second-order valence-corrected chi connectivity index (χ2v) is 7.55. The van der Waals surface area contributed by atoms with Crippen molar-refractivity contribution in [3.05, 3.63) is 35.7 Å². The van der Waals surface area contributed by atoms with Gasteiger partial charge >= 0.3 is 0 Å². The zero-order valence-corrected chi connectivity index (χ0v) is 15.5. The molecule has 1 atom stereocenters. The highest BCUT2D eigenvalue weighted by molar-refractivity contribution is 8.00. The maximum atomic E-state index is 12.5. The van der Waals surface area contributed by atoms with E-state index in [0.717, 1.165) is 17.5 Å². The second kappa shape index (κ2) is 7.39. The van der Waals surface area contributed by atoms with Crippen LogP contribution in [-0.2, 0) is 11.3 Å². The van der Waals surface area contributed by atoms with Gasteiger partial charge in [0, 0.05) is 23.7 Å². The Morgan fingerprint density at radius 3 is 2.76 bits per heavy atom. The van der Waals surface area contributed by atoms with Gasteiger partial charge < -0.3 is 9.88 Å². The van der Waals surface area contributed by atoms with Crippen molar-refractivity contribution in [3.8, 4) is 0 Å². The molecule has 0 bridgehead atoms. The van der Waals surface area contributed by atoms with Crippen LogP contribution in [0.3, 0.4) is 0 Å². The number of Topliss-reactive ketones (excluding diaryl/α,β-unsaturated/α-hetero) is 1. The number of nitrogens with zero attached hydrogens (tertiary/aromatic N) is 3. The molecule has 6 nitrogen and oxygen atoms in total. The number of benzene rings is 1. The van der Waals surface area contributed by atoms with Crippen LogP contribution in [0.25, 0.3) is 0 Å². The van der Waals surface area contributed by atoms with E-state index in [1.54, 1.807) is 24.3 Å². The highest BCUT2D eigenvalue weighted by atomic mass is 32.2. The van der Waals surface area contributed by atoms with Crippen molar-refractivity contribution in [2.24, 2.45) is 0 Å². The largest absolute Gasteiger partial charge is 0.325 e. The number of hydrogen-bond donors (Lipinski definition) is 1. The first kappa shape index (κ1) is 17.7. The van der Waals surface area contributed by atoms with E-state index in [1.165, 1.54) is 31.5 Å². The molecule has 1 fully saturated rings. The Hall–Kier alpha value is -2.15. The Morgan fingerprint density at radius 2 is 2.12 bits per heavy atom. The molecule has 0 aliphatic heterocycles. The van der Waals surface area contributed by atoms with E-state index in [2.05, 4.69) is 27.0 Å². The highest BCUT2D eigenvalue weighted by Crippen LogP contribution is 2.40. The van der Waals surface area contributed by atoms with Gasteiger partial charge in [-0.15, -0.1) is 10.2 Å². The predicted molar refractivity (Wildman–Crippen MR) is 98.1 cm³/mol. The van der Waals surface area contributed by atoms with Crippen molar-refractivity contribution in [1.82, 2.24) is 14.8 Å². The lowest BCUT2D eigenvalue weighted by Crippen LogP contribution is -2.23. The molecular weight excluding hydrogens is 336 g/mol. The van der Waals surface area contributed by atoms with Gasteiger partial charge in [-0.05, 0) is 45.7 Å². The van der Waals surface area contributed by atoms with Gasteiger partial charge in [0.1, 0.15) is 5.82 Å². The summed E-state index contributed by atoms with van der Waals surface area (Å²) in [7, 11) is 0. The molecule has 7 heteroatoms. The molecule has 2 aromatic rings. The summed E-state index contributed by atoms with van der Waals surface area (Å²) in [4.78, 5) is 23.9. The van der Waals surface area contributed by atoms with Gasteiger partial charge in [-0.2, -0.15) is 0 Å². The summed E-state index contributed by atoms with van der Waals surface area (Å²) >= 11 is 1.41. The van der Waals surface area contributed by atoms with Crippen molar-refractivity contribution < 1.29 is 9.59 Å². The lowest BCUT2D eigenvalue weighted by atomic mass is 10.1. The maximum Gasteiger partial charge on any atom is 0.237 e. The molecule has 0 unspecified atom stereocenters. The van der Waals surface area contributed by atoms with Crippen LogP contribution in [0.5, 0.6) is 0 Å². The Balaban J connectivity index is 1.67. The summed E-state index contributed by atoms with van der Waals surface area (Å²) in [5.41, 5.74) is 1.21. The third-order valence-corrected chi connectivity index (χ3v) is 5.27. The number of hydrogen-bond acceptors (Lipinski definition) is 5. The average Bonchev–Trinajstić information content (AvgIpc) is 3.36. The summed E-state index contributed by atoms with van der Waals surface area (Å²) in [5, 5.41) is 11.9. The molecule has 3 rings (SSSR count). The van der Waals surface area contributed by atoms with Gasteiger partial charge in [-0.25, -0.2) is 0 Å². The topological polar surface area (TPSA) is 76.9 Å². The Labute approximate surface area is 151 Å². The Morgan fingerprint density at radius 1 is 1.36 bits per heavy atom. The zero-order valence-electron chi connectivity index (χ0n) is 14.7. The number of aromatic nitrogens is 3. The number of thioether (sulfide) groups is 1. The fourth-order valence-electron chi connectivity index (χ4n) is 2.60. The number of rotatable bonds is 7. The molecule has 1 N–H and O–H groups in total. The van der Waals surface area contributed by atoms with Gasteiger partial charge in [0.2, 0.25) is 5.91 Å². The first-order valence-corrected chi connectivity index (χ1v) is 9.39. The Kier molecular flexibility index (Phi) is 5.22. The standard InChI is InChI=1S/C18H22N4O2S/c1-4-22-16(13-8-9-13)20-21-18(22)25-12(3)17(24)19-15-7-5-6-14(10-15)11(2)23/h5-7,10,12-13H,4,8-9H2,1-3H3,(H,19,24)/t12-/m0/s1. The fourth-order valence-corrected chi connectivity index (χ4v) is 3.52. The summed E-state index contributed by atoms with van der Waals surface area (Å²) < 4.78 is 2.10. The molecule has 0 saturated heterocycles. The van der Waals surface area contributed by atoms with E-state index in [4.69, 9.17) is 0 Å². The minimum atomic E-state index is -0.317. The van der Waals surface area contributed by atoms with Crippen LogP contribution >= 0.6 is 11.8 Å². The van der Waals surface area contributed by atoms with Crippen molar-refractivity contribution in [1.29, 1.82) is 0 Å². The van der Waals surface area contributed by atoms with Crippen LogP contribution in [0.15, 0.2) is 29.4 Å². The SMILES string of the molecule is CCn1c(S[C@@H](C)C(=O)Nc2cccc(C(C)=O)c2)nnc1C1CC1. The number of ketones is 1. The van der Waals surface area contributed by atoms with E-state index in [-0.39, 0.29) is 16.9 Å². The summed E-state index contributed by atoms with van der Waals surface area (Å²) in [5.74, 6) is 1.42. The van der Waals surface area contributed by atoms with Crippen LogP contribution in [0.1, 0.15) is 55.7 Å². The smallest absolute Gasteiger partial charge is 0.237 e. The van der Waals surface area contributed by atoms with Gasteiger partial charge in [0.25, 0.3) is 0 Å². The first-order valence-electron chi connectivity index (χ1n) is 8.51. The third-order valence-electron chi connectivity index (χ3n) is 4.19. The van der Waals surface area contributed by atoms with E-state index < -0.39 is 0 Å². The molecular formula is C18H22N4O2S. The molecule has 1 aromatic heterocycles. The molecule has 1 heterocycles. The van der Waals surface area contributed by atoms with Crippen LogP contribution < -0.4 is 5.32 Å². The van der Waals surface area contributed by atoms with Crippen LogP contribution in [0, 0.1) is 0 Å². The molecule has 1 aliphatic rings. The van der Waals surface area contributed by atoms with Crippen LogP contribution in [0.4, 0.5) is 5.69 Å². The van der Waals surface area contributed by atoms with Gasteiger partial charge in [-0.1, -0.05) is 23.9 Å². The van der Waals surface area contributed by atoms with Crippen molar-refractivity contribution in [2.45, 2.75) is 56.5 Å². The van der Waals surface area contributed by atoms with Crippen molar-refractivity contribution in [3.63, 3.8) is 0 Å². The highest BCUT2D eigenvalue weighted by Gasteiger charge is 2.30. The molecule has 1 saturated carbocycles. The van der Waals surface area contributed by atoms with Gasteiger partial charge in [0.05, 0.1) is 5.25 Å². The van der Waals surface area contributed by atoms with Gasteiger partial charge in [0.15, 0.2) is 10.9 Å². The normalized spacial score (nSPS) is 15.0. The molecule has 1 aromatic carbocycles. The molecule has 132 valence electrons. The third kappa shape index (κ3) is 4.10. The molecule has 1 aliphatic carbocycles. The summed E-state index contributed by atoms with van der Waals surface area (Å²) in [6.45, 7) is 6.22. The quantitative estimate of drug-likeness (QED) is 0.605. The number of amides is 1. The van der Waals surface area contributed by atoms with E-state index >= 15 is 0 Å². The maximum absolute atomic E-state index is 12.5. The fraction of sp³-hybridized carbons (Fsp3) is 0.444. The van der Waals surface area contributed by atoms with Crippen molar-refractivity contribution >= 4 is 29.1 Å². The summed E-state index contributed by atoms with van der Waals surface area (Å²) in [6.07, 6.45) is 2.34. The number of anilines is 1. The van der Waals surface area contributed by atoms with E-state index in [0.29, 0.717) is 17.2 Å². The first-order chi connectivity index (χ1) is 12.0.